The normalized spacial score (nSPS) is 10.8. The number of carboxylic acid groups (broad SMARTS) is 1. The van der Waals surface area contributed by atoms with Crippen LogP contribution >= 0.6 is 0 Å². The largest absolute Gasteiger partial charge is 0.486 e. The van der Waals surface area contributed by atoms with Gasteiger partial charge in [0.25, 0.3) is 0 Å². The van der Waals surface area contributed by atoms with Crippen molar-refractivity contribution in [3.05, 3.63) is 41.5 Å². The summed E-state index contributed by atoms with van der Waals surface area (Å²) < 4.78 is 7.43. The first-order chi connectivity index (χ1) is 9.49. The van der Waals surface area contributed by atoms with Gasteiger partial charge in [-0.1, -0.05) is 0 Å². The Balaban J connectivity index is 2.09. The van der Waals surface area contributed by atoms with E-state index < -0.39 is 5.97 Å². The van der Waals surface area contributed by atoms with E-state index in [2.05, 4.69) is 10.1 Å². The molecule has 20 heavy (non-hydrogen) atoms. The predicted molar refractivity (Wildman–Crippen MR) is 72.9 cm³/mol. The minimum atomic E-state index is -0.936. The lowest BCUT2D eigenvalue weighted by molar-refractivity contribution is 0.0696. The van der Waals surface area contributed by atoms with Crippen molar-refractivity contribution in [2.24, 2.45) is 0 Å². The molecule has 0 atom stereocenters. The highest BCUT2D eigenvalue weighted by molar-refractivity contribution is 5.89. The number of ether oxygens (including phenoxy) is 1. The molecule has 0 aliphatic rings. The summed E-state index contributed by atoms with van der Waals surface area (Å²) >= 11 is 0. The van der Waals surface area contributed by atoms with E-state index in [0.717, 1.165) is 5.82 Å². The highest BCUT2D eigenvalue weighted by Gasteiger charge is 2.10. The van der Waals surface area contributed by atoms with E-state index >= 15 is 0 Å². The molecule has 1 heterocycles. The van der Waals surface area contributed by atoms with Crippen molar-refractivity contribution in [2.75, 3.05) is 0 Å². The van der Waals surface area contributed by atoms with Gasteiger partial charge < -0.3 is 9.84 Å². The second-order valence-corrected chi connectivity index (χ2v) is 4.79. The second kappa shape index (κ2) is 5.73. The highest BCUT2D eigenvalue weighted by Crippen LogP contribution is 2.18. The number of carbonyl (C=O) groups is 1. The summed E-state index contributed by atoms with van der Waals surface area (Å²) in [6.07, 6.45) is 1.50. The Morgan fingerprint density at radius 1 is 1.45 bits per heavy atom. The fraction of sp³-hybridized carbons (Fsp3) is 0.357. The van der Waals surface area contributed by atoms with Gasteiger partial charge in [-0.05, 0) is 44.5 Å². The Hall–Kier alpha value is -2.37. The maximum Gasteiger partial charge on any atom is 0.335 e. The highest BCUT2D eigenvalue weighted by atomic mass is 16.5. The summed E-state index contributed by atoms with van der Waals surface area (Å²) in [4.78, 5) is 15.1. The van der Waals surface area contributed by atoms with Crippen molar-refractivity contribution in [1.82, 2.24) is 14.8 Å². The summed E-state index contributed by atoms with van der Waals surface area (Å²) in [7, 11) is 0. The molecule has 6 heteroatoms. The van der Waals surface area contributed by atoms with Gasteiger partial charge in [-0.2, -0.15) is 5.10 Å². The van der Waals surface area contributed by atoms with E-state index in [9.17, 15) is 4.79 Å². The molecule has 0 saturated carbocycles. The Labute approximate surface area is 117 Å². The van der Waals surface area contributed by atoms with Crippen molar-refractivity contribution in [2.45, 2.75) is 33.4 Å². The standard InChI is InChI=1S/C14H17N3O3/c1-9(2)17-13(15-8-16-17)7-20-11-4-5-12(14(18)19)10(3)6-11/h4-6,8-9H,7H2,1-3H3,(H,18,19). The van der Waals surface area contributed by atoms with Crippen LogP contribution in [-0.2, 0) is 6.61 Å². The third-order valence-electron chi connectivity index (χ3n) is 2.93. The first-order valence-electron chi connectivity index (χ1n) is 6.34. The molecular formula is C14H17N3O3. The van der Waals surface area contributed by atoms with E-state index in [-0.39, 0.29) is 11.6 Å². The van der Waals surface area contributed by atoms with Crippen LogP contribution in [0, 0.1) is 6.92 Å². The van der Waals surface area contributed by atoms with Gasteiger partial charge in [-0.15, -0.1) is 0 Å². The fourth-order valence-corrected chi connectivity index (χ4v) is 1.92. The molecule has 0 amide bonds. The zero-order chi connectivity index (χ0) is 14.7. The van der Waals surface area contributed by atoms with Crippen molar-refractivity contribution in [3.63, 3.8) is 0 Å². The molecule has 2 aromatic rings. The molecule has 0 radical (unpaired) electrons. The van der Waals surface area contributed by atoms with Crippen molar-refractivity contribution in [1.29, 1.82) is 0 Å². The van der Waals surface area contributed by atoms with Gasteiger partial charge in [-0.3, -0.25) is 0 Å². The van der Waals surface area contributed by atoms with Crippen LogP contribution < -0.4 is 4.74 Å². The van der Waals surface area contributed by atoms with Crippen molar-refractivity contribution in [3.8, 4) is 5.75 Å². The lowest BCUT2D eigenvalue weighted by atomic mass is 10.1. The number of benzene rings is 1. The van der Waals surface area contributed by atoms with Gasteiger partial charge in [0, 0.05) is 6.04 Å². The average Bonchev–Trinajstić information content (AvgIpc) is 2.84. The zero-order valence-corrected chi connectivity index (χ0v) is 11.7. The molecule has 106 valence electrons. The van der Waals surface area contributed by atoms with Gasteiger partial charge in [0.1, 0.15) is 18.7 Å². The van der Waals surface area contributed by atoms with E-state index in [0.29, 0.717) is 17.9 Å². The van der Waals surface area contributed by atoms with Gasteiger partial charge in [0.05, 0.1) is 5.56 Å². The third-order valence-corrected chi connectivity index (χ3v) is 2.93. The molecule has 0 unspecified atom stereocenters. The molecule has 0 aliphatic heterocycles. The topological polar surface area (TPSA) is 77.2 Å². The smallest absolute Gasteiger partial charge is 0.335 e. The van der Waals surface area contributed by atoms with Crippen LogP contribution in [0.1, 0.15) is 41.6 Å². The van der Waals surface area contributed by atoms with E-state index in [4.69, 9.17) is 9.84 Å². The lowest BCUT2D eigenvalue weighted by Gasteiger charge is -2.11. The number of aromatic carboxylic acids is 1. The Kier molecular flexibility index (Phi) is 4.02. The summed E-state index contributed by atoms with van der Waals surface area (Å²) in [5, 5.41) is 13.1. The number of aromatic nitrogens is 3. The number of hydrogen-bond donors (Lipinski definition) is 1. The maximum atomic E-state index is 10.9. The summed E-state index contributed by atoms with van der Waals surface area (Å²) in [5.74, 6) is 0.416. The second-order valence-electron chi connectivity index (χ2n) is 4.79. The Bertz CT molecular complexity index is 620. The van der Waals surface area contributed by atoms with Crippen molar-refractivity contribution >= 4 is 5.97 Å². The van der Waals surface area contributed by atoms with Crippen LogP contribution in [0.2, 0.25) is 0 Å². The molecule has 6 nitrogen and oxygen atoms in total. The molecule has 2 rings (SSSR count). The first kappa shape index (κ1) is 14.0. The molecule has 1 N–H and O–H groups in total. The third kappa shape index (κ3) is 2.96. The summed E-state index contributed by atoms with van der Waals surface area (Å²) in [5.41, 5.74) is 0.947. The minimum Gasteiger partial charge on any atom is -0.486 e. The number of rotatable bonds is 5. The zero-order valence-electron chi connectivity index (χ0n) is 11.7. The molecule has 0 fully saturated rings. The van der Waals surface area contributed by atoms with Crippen LogP contribution in [0.5, 0.6) is 5.75 Å². The van der Waals surface area contributed by atoms with Gasteiger partial charge in [0.15, 0.2) is 5.82 Å². The SMILES string of the molecule is Cc1cc(OCc2ncnn2C(C)C)ccc1C(=O)O. The Morgan fingerprint density at radius 3 is 2.80 bits per heavy atom. The molecular weight excluding hydrogens is 258 g/mol. The van der Waals surface area contributed by atoms with E-state index in [1.54, 1.807) is 29.8 Å². The minimum absolute atomic E-state index is 0.215. The molecule has 0 saturated heterocycles. The summed E-state index contributed by atoms with van der Waals surface area (Å²) in [6, 6.07) is 5.11. The molecule has 0 spiro atoms. The molecule has 1 aromatic heterocycles. The monoisotopic (exact) mass is 275 g/mol. The number of nitrogens with zero attached hydrogens (tertiary/aromatic N) is 3. The van der Waals surface area contributed by atoms with Crippen LogP contribution in [0.15, 0.2) is 24.5 Å². The molecule has 0 aliphatic carbocycles. The van der Waals surface area contributed by atoms with E-state index in [1.165, 1.54) is 6.33 Å². The number of hydrogen-bond acceptors (Lipinski definition) is 4. The lowest BCUT2D eigenvalue weighted by Crippen LogP contribution is -2.11. The van der Waals surface area contributed by atoms with Gasteiger partial charge in [0.2, 0.25) is 0 Å². The van der Waals surface area contributed by atoms with Crippen LogP contribution in [-0.4, -0.2) is 25.8 Å². The Morgan fingerprint density at radius 2 is 2.20 bits per heavy atom. The van der Waals surface area contributed by atoms with Crippen LogP contribution in [0.3, 0.4) is 0 Å². The van der Waals surface area contributed by atoms with Crippen molar-refractivity contribution < 1.29 is 14.6 Å². The van der Waals surface area contributed by atoms with Crippen LogP contribution in [0.4, 0.5) is 0 Å². The number of carboxylic acids is 1. The van der Waals surface area contributed by atoms with Gasteiger partial charge >= 0.3 is 5.97 Å². The quantitative estimate of drug-likeness (QED) is 0.906. The maximum absolute atomic E-state index is 10.9. The summed E-state index contributed by atoms with van der Waals surface area (Å²) in [6.45, 7) is 6.07. The predicted octanol–water partition coefficient (Wildman–Crippen LogP) is 2.44. The average molecular weight is 275 g/mol. The van der Waals surface area contributed by atoms with Gasteiger partial charge in [-0.25, -0.2) is 14.5 Å². The number of aryl methyl sites for hydroxylation is 1. The molecule has 1 aromatic carbocycles. The fourth-order valence-electron chi connectivity index (χ4n) is 1.92. The first-order valence-corrected chi connectivity index (χ1v) is 6.34. The van der Waals surface area contributed by atoms with Crippen LogP contribution in [0.25, 0.3) is 0 Å². The molecule has 0 bridgehead atoms. The van der Waals surface area contributed by atoms with E-state index in [1.807, 2.05) is 13.8 Å².